The quantitative estimate of drug-likeness (QED) is 0.0888. The first-order valence-electron chi connectivity index (χ1n) is 24.6. The van der Waals surface area contributed by atoms with Crippen LogP contribution in [0.4, 0.5) is 9.59 Å². The summed E-state index contributed by atoms with van der Waals surface area (Å²) in [5, 5.41) is 12.3. The fourth-order valence-electron chi connectivity index (χ4n) is 11.1. The average molecular weight is 951 g/mol. The third-order valence-electron chi connectivity index (χ3n) is 14.2. The molecule has 10 rings (SSSR count). The van der Waals surface area contributed by atoms with Crippen LogP contribution in [0.5, 0.6) is 0 Å². The number of benzene rings is 4. The minimum absolute atomic E-state index is 0.0477. The van der Waals surface area contributed by atoms with Gasteiger partial charge >= 0.3 is 12.2 Å². The maximum absolute atomic E-state index is 14.3. The van der Waals surface area contributed by atoms with Gasteiger partial charge in [0.2, 0.25) is 5.91 Å². The molecular weight excluding hydrogens is 885 g/mol. The lowest BCUT2D eigenvalue weighted by molar-refractivity contribution is -0.136. The monoisotopic (exact) mass is 951 g/mol. The van der Waals surface area contributed by atoms with E-state index in [0.717, 1.165) is 65.9 Å². The summed E-state index contributed by atoms with van der Waals surface area (Å²) in [6, 6.07) is 27.6. The van der Waals surface area contributed by atoms with E-state index in [1.165, 1.54) is 67.7 Å². The summed E-state index contributed by atoms with van der Waals surface area (Å²) in [7, 11) is 3.58. The van der Waals surface area contributed by atoms with Gasteiger partial charge in [-0.15, -0.1) is 0 Å². The van der Waals surface area contributed by atoms with Gasteiger partial charge in [0.15, 0.2) is 0 Å². The number of nitrogens with zero attached hydrogens (tertiary/aromatic N) is 4. The number of imidazole rings is 2. The minimum atomic E-state index is -0.895. The molecule has 0 spiro atoms. The maximum Gasteiger partial charge on any atom is 0.407 e. The second kappa shape index (κ2) is 21.7. The molecule has 6 aromatic rings. The predicted octanol–water partition coefficient (Wildman–Crippen LogP) is 10.1. The molecule has 2 bridgehead atoms. The Balaban J connectivity index is 0.00000127. The average Bonchev–Trinajstić information content (AvgIpc) is 4.27. The van der Waals surface area contributed by atoms with Crippen LogP contribution in [0.3, 0.4) is 0 Å². The van der Waals surface area contributed by atoms with Gasteiger partial charge in [0.25, 0.3) is 5.91 Å². The number of fused-ring (bicyclic) bond motifs is 6. The largest absolute Gasteiger partial charge is 0.453 e. The number of aromatic amines is 2. The number of rotatable bonds is 10. The van der Waals surface area contributed by atoms with Crippen LogP contribution in [-0.2, 0) is 19.1 Å². The summed E-state index contributed by atoms with van der Waals surface area (Å²) in [5.74, 6) is 2.44. The van der Waals surface area contributed by atoms with Gasteiger partial charge in [-0.25, -0.2) is 19.6 Å². The summed E-state index contributed by atoms with van der Waals surface area (Å²) in [6.07, 6.45) is 7.69. The van der Waals surface area contributed by atoms with Crippen LogP contribution in [0, 0.1) is 5.92 Å². The number of aliphatic hydroxyl groups excluding tert-OH is 1. The van der Waals surface area contributed by atoms with Crippen molar-refractivity contribution in [2.24, 2.45) is 5.92 Å². The molecule has 4 aromatic carbocycles. The highest BCUT2D eigenvalue weighted by Gasteiger charge is 2.43. The molecule has 2 aromatic heterocycles. The third-order valence-corrected chi connectivity index (χ3v) is 14.2. The number of hydrogen-bond acceptors (Lipinski definition) is 9. The van der Waals surface area contributed by atoms with E-state index in [1.807, 2.05) is 48.4 Å². The highest BCUT2D eigenvalue weighted by Crippen LogP contribution is 2.58. The normalized spacial score (nSPS) is 21.3. The van der Waals surface area contributed by atoms with Gasteiger partial charge in [0.1, 0.15) is 24.2 Å². The van der Waals surface area contributed by atoms with E-state index >= 15 is 0 Å². The van der Waals surface area contributed by atoms with Crippen LogP contribution in [0.25, 0.3) is 44.5 Å². The molecule has 4 aliphatic rings. The van der Waals surface area contributed by atoms with Crippen LogP contribution < -0.4 is 10.6 Å². The number of amides is 4. The first-order valence-corrected chi connectivity index (χ1v) is 24.6. The van der Waals surface area contributed by atoms with E-state index in [4.69, 9.17) is 19.8 Å². The molecule has 7 unspecified atom stereocenters. The fourth-order valence-corrected chi connectivity index (χ4v) is 11.1. The van der Waals surface area contributed by atoms with Crippen molar-refractivity contribution in [3.05, 3.63) is 119 Å². The lowest BCUT2D eigenvalue weighted by Gasteiger charge is -2.31. The summed E-state index contributed by atoms with van der Waals surface area (Å²) in [5.41, 5.74) is 12.1. The summed E-state index contributed by atoms with van der Waals surface area (Å²) in [6.45, 7) is 8.89. The van der Waals surface area contributed by atoms with E-state index < -0.39 is 18.2 Å². The van der Waals surface area contributed by atoms with E-state index in [0.29, 0.717) is 29.9 Å². The SMILES string of the molecule is CCC.CO.COC(=O)NCC(=O)N1CC(C)CC1c1ncc(-c2ccc(-c3ccc(-c4ccc5nc(C6CCC(C)N6C(=O)C(NC(=O)OC)c6ccccc6)[nH]c5c4)c4c3C3CCC4C3)cc2)[nH]1. The zero-order valence-electron chi connectivity index (χ0n) is 41.3. The van der Waals surface area contributed by atoms with Gasteiger partial charge in [-0.3, -0.25) is 9.59 Å². The minimum Gasteiger partial charge on any atom is -0.453 e. The Kier molecular flexibility index (Phi) is 15.4. The van der Waals surface area contributed by atoms with Crippen molar-refractivity contribution in [2.45, 2.75) is 109 Å². The number of alkyl carbamates (subject to hydrolysis) is 2. The van der Waals surface area contributed by atoms with E-state index in [9.17, 15) is 19.2 Å². The number of methoxy groups -OCH3 is 2. The molecule has 70 heavy (non-hydrogen) atoms. The lowest BCUT2D eigenvalue weighted by Crippen LogP contribution is -2.45. The Hall–Kier alpha value is -7.00. The number of aliphatic hydroxyl groups is 1. The van der Waals surface area contributed by atoms with Crippen LogP contribution in [0.2, 0.25) is 0 Å². The molecule has 4 amide bonds. The second-order valence-corrected chi connectivity index (χ2v) is 18.9. The number of carbonyl (C=O) groups excluding carboxylic acids is 4. The van der Waals surface area contributed by atoms with E-state index in [2.05, 4.69) is 101 Å². The zero-order valence-corrected chi connectivity index (χ0v) is 41.3. The molecule has 2 aliphatic heterocycles. The molecular formula is C55H66N8O7. The maximum atomic E-state index is 14.3. The fraction of sp³-hybridized carbons (Fsp3) is 0.418. The number of nitrogens with one attached hydrogen (secondary N) is 4. The van der Waals surface area contributed by atoms with Crippen molar-refractivity contribution in [3.8, 4) is 33.5 Å². The number of likely N-dealkylation sites (tertiary alicyclic amines) is 2. The van der Waals surface area contributed by atoms with Gasteiger partial charge in [0, 0.05) is 19.7 Å². The van der Waals surface area contributed by atoms with Crippen molar-refractivity contribution in [1.82, 2.24) is 40.4 Å². The molecule has 368 valence electrons. The van der Waals surface area contributed by atoms with Crippen LogP contribution in [-0.4, -0.2) is 99.3 Å². The number of hydrogen-bond donors (Lipinski definition) is 5. The van der Waals surface area contributed by atoms with Gasteiger partial charge in [-0.05, 0) is 120 Å². The van der Waals surface area contributed by atoms with E-state index in [-0.39, 0.29) is 36.5 Å². The third kappa shape index (κ3) is 9.89. The zero-order chi connectivity index (χ0) is 49.6. The molecule has 15 nitrogen and oxygen atoms in total. The Labute approximate surface area is 409 Å². The van der Waals surface area contributed by atoms with Crippen LogP contribution in [0.15, 0.2) is 91.1 Å². The lowest BCUT2D eigenvalue weighted by atomic mass is 9.81. The number of carbonyl (C=O) groups is 4. The van der Waals surface area contributed by atoms with E-state index in [1.54, 1.807) is 4.90 Å². The molecule has 15 heteroatoms. The summed E-state index contributed by atoms with van der Waals surface area (Å²) < 4.78 is 9.55. The highest BCUT2D eigenvalue weighted by molar-refractivity contribution is 5.89. The first kappa shape index (κ1) is 49.4. The molecule has 4 heterocycles. The van der Waals surface area contributed by atoms with Gasteiger partial charge in [0.05, 0.1) is 49.2 Å². The first-order chi connectivity index (χ1) is 34.0. The van der Waals surface area contributed by atoms with Gasteiger partial charge in [-0.1, -0.05) is 100.0 Å². The molecule has 5 N–H and O–H groups in total. The van der Waals surface area contributed by atoms with Crippen LogP contribution >= 0.6 is 0 Å². The highest BCUT2D eigenvalue weighted by atomic mass is 16.5. The van der Waals surface area contributed by atoms with Gasteiger partial charge < -0.3 is 45.0 Å². The molecule has 2 aliphatic carbocycles. The molecule has 3 fully saturated rings. The van der Waals surface area contributed by atoms with Gasteiger partial charge in [-0.2, -0.15) is 0 Å². The smallest absolute Gasteiger partial charge is 0.407 e. The number of aromatic nitrogens is 4. The van der Waals surface area contributed by atoms with Crippen molar-refractivity contribution in [3.63, 3.8) is 0 Å². The van der Waals surface area contributed by atoms with Crippen molar-refractivity contribution in [2.75, 3.05) is 34.4 Å². The molecule has 1 saturated carbocycles. The predicted molar refractivity (Wildman–Crippen MR) is 270 cm³/mol. The van der Waals surface area contributed by atoms with Crippen molar-refractivity contribution < 1.29 is 33.8 Å². The van der Waals surface area contributed by atoms with Crippen molar-refractivity contribution in [1.29, 1.82) is 0 Å². The van der Waals surface area contributed by atoms with Crippen LogP contribution in [0.1, 0.15) is 131 Å². The summed E-state index contributed by atoms with van der Waals surface area (Å²) >= 11 is 0. The topological polar surface area (TPSA) is 195 Å². The molecule has 0 radical (unpaired) electrons. The standard InChI is InChI=1S/C51H54N8O6.C3H8.CH4O/c1-28-22-42(58(27-28)43(60)26-53-50(62)64-3)47-52-25-40(56-47)31-13-11-30(12-14-31)36-18-19-37(45-35-16-15-34(23-35)44(36)45)33-17-20-38-39(24-33)55-48(54-38)41-21-10-29(2)59(41)49(61)46(57-51(63)65-4)32-8-6-5-7-9-32;1-3-2;1-2/h5-9,11-14,17-20,24-25,28-29,34-35,41-42,46H,10,15-16,21-23,26-27H2,1-4H3,(H,52,56)(H,53,62)(H,54,55)(H,57,63);3H2,1-2H3;2H,1H3. The Morgan fingerprint density at radius 1 is 0.757 bits per heavy atom. The Bertz CT molecular complexity index is 2810. The number of ether oxygens (including phenoxy) is 2. The van der Waals surface area contributed by atoms with Crippen molar-refractivity contribution >= 4 is 35.0 Å². The Morgan fingerprint density at radius 2 is 1.40 bits per heavy atom. The summed E-state index contributed by atoms with van der Waals surface area (Å²) in [4.78, 5) is 72.0. The Morgan fingerprint density at radius 3 is 2.07 bits per heavy atom. The number of H-pyrrole nitrogens is 2. The molecule has 2 saturated heterocycles. The molecule has 7 atom stereocenters. The second-order valence-electron chi connectivity index (χ2n) is 18.9.